The summed E-state index contributed by atoms with van der Waals surface area (Å²) >= 11 is 5.91. The molecule has 0 aromatic heterocycles. The minimum atomic E-state index is 0.829. The molecular weight excluding hydrogens is 168 g/mol. The second kappa shape index (κ2) is 6.07. The van der Waals surface area contributed by atoms with Gasteiger partial charge < -0.3 is 0 Å². The Hall–Kier alpha value is -0.490. The summed E-state index contributed by atoms with van der Waals surface area (Å²) in [6, 6.07) is 0. The molecule has 0 bridgehead atoms. The highest BCUT2D eigenvalue weighted by molar-refractivity contribution is 6.31. The van der Waals surface area contributed by atoms with Crippen molar-refractivity contribution in [3.63, 3.8) is 0 Å². The minimum absolute atomic E-state index is 0.829. The van der Waals surface area contributed by atoms with Gasteiger partial charge in [-0.15, -0.1) is 0 Å². The van der Waals surface area contributed by atoms with E-state index in [2.05, 4.69) is 19.9 Å². The number of allylic oxidation sites excluding steroid dienone is 6. The Balaban J connectivity index is 4.19. The SMILES string of the molecule is CCC(C)=CC=CC(Cl)=C(C)C. The summed E-state index contributed by atoms with van der Waals surface area (Å²) in [5.74, 6) is 0. The molecule has 0 aromatic carbocycles. The van der Waals surface area contributed by atoms with E-state index in [0.29, 0.717) is 0 Å². The van der Waals surface area contributed by atoms with Gasteiger partial charge >= 0.3 is 0 Å². The monoisotopic (exact) mass is 184 g/mol. The smallest absolute Gasteiger partial charge is 0.0392 e. The van der Waals surface area contributed by atoms with Crippen molar-refractivity contribution < 1.29 is 0 Å². The van der Waals surface area contributed by atoms with Crippen LogP contribution in [0.1, 0.15) is 34.1 Å². The molecule has 0 radical (unpaired) electrons. The fourth-order valence-electron chi connectivity index (χ4n) is 0.581. The van der Waals surface area contributed by atoms with Gasteiger partial charge in [0, 0.05) is 5.03 Å². The third-order valence-corrected chi connectivity index (χ3v) is 2.16. The van der Waals surface area contributed by atoms with Crippen LogP contribution in [0.5, 0.6) is 0 Å². The summed E-state index contributed by atoms with van der Waals surface area (Å²) in [7, 11) is 0. The molecule has 0 aliphatic heterocycles. The Bertz CT molecular complexity index is 215. The lowest BCUT2D eigenvalue weighted by molar-refractivity contribution is 1.10. The van der Waals surface area contributed by atoms with Gasteiger partial charge in [0.2, 0.25) is 0 Å². The predicted octanol–water partition coefficient (Wildman–Crippen LogP) is 4.43. The number of rotatable bonds is 3. The Morgan fingerprint density at radius 3 is 2.25 bits per heavy atom. The first kappa shape index (κ1) is 11.5. The molecule has 0 heterocycles. The molecule has 0 unspecified atom stereocenters. The molecule has 0 atom stereocenters. The first-order valence-corrected chi connectivity index (χ1v) is 4.62. The van der Waals surface area contributed by atoms with E-state index in [-0.39, 0.29) is 0 Å². The van der Waals surface area contributed by atoms with Crippen molar-refractivity contribution in [1.29, 1.82) is 0 Å². The van der Waals surface area contributed by atoms with Gasteiger partial charge in [0.25, 0.3) is 0 Å². The van der Waals surface area contributed by atoms with Crippen molar-refractivity contribution in [2.24, 2.45) is 0 Å². The standard InChI is InChI=1S/C11H17Cl/c1-5-10(4)7-6-8-11(12)9(2)3/h6-8H,5H2,1-4H3. The number of hydrogen-bond donors (Lipinski definition) is 0. The highest BCUT2D eigenvalue weighted by Crippen LogP contribution is 2.10. The highest BCUT2D eigenvalue weighted by Gasteiger charge is 1.86. The minimum Gasteiger partial charge on any atom is -0.0844 e. The zero-order chi connectivity index (χ0) is 9.56. The van der Waals surface area contributed by atoms with Crippen LogP contribution in [-0.4, -0.2) is 0 Å². The molecule has 1 heteroatoms. The van der Waals surface area contributed by atoms with E-state index >= 15 is 0 Å². The molecule has 0 N–H and O–H groups in total. The normalized spacial score (nSPS) is 12.2. The molecule has 12 heavy (non-hydrogen) atoms. The van der Waals surface area contributed by atoms with E-state index in [9.17, 15) is 0 Å². The Morgan fingerprint density at radius 1 is 1.25 bits per heavy atom. The summed E-state index contributed by atoms with van der Waals surface area (Å²) in [5.41, 5.74) is 2.51. The molecule has 0 saturated carbocycles. The van der Waals surface area contributed by atoms with Crippen LogP contribution < -0.4 is 0 Å². The lowest BCUT2D eigenvalue weighted by atomic mass is 10.2. The molecule has 0 aliphatic carbocycles. The Morgan fingerprint density at radius 2 is 1.83 bits per heavy atom. The first-order chi connectivity index (χ1) is 5.57. The van der Waals surface area contributed by atoms with Crippen molar-refractivity contribution in [1.82, 2.24) is 0 Å². The largest absolute Gasteiger partial charge is 0.0844 e. The van der Waals surface area contributed by atoms with Crippen LogP contribution in [0.4, 0.5) is 0 Å². The average molecular weight is 185 g/mol. The molecule has 0 aromatic rings. The summed E-state index contributed by atoms with van der Waals surface area (Å²) < 4.78 is 0. The Kier molecular flexibility index (Phi) is 5.83. The van der Waals surface area contributed by atoms with Gasteiger partial charge in [-0.1, -0.05) is 41.8 Å². The maximum atomic E-state index is 5.91. The van der Waals surface area contributed by atoms with Gasteiger partial charge in [0.1, 0.15) is 0 Å². The van der Waals surface area contributed by atoms with Gasteiger partial charge in [-0.2, -0.15) is 0 Å². The van der Waals surface area contributed by atoms with Gasteiger partial charge in [0.15, 0.2) is 0 Å². The van der Waals surface area contributed by atoms with Gasteiger partial charge in [0.05, 0.1) is 0 Å². The number of hydrogen-bond acceptors (Lipinski definition) is 0. The van der Waals surface area contributed by atoms with E-state index in [4.69, 9.17) is 11.6 Å². The Labute approximate surface area is 80.6 Å². The molecule has 0 nitrogen and oxygen atoms in total. The quantitative estimate of drug-likeness (QED) is 0.570. The zero-order valence-corrected chi connectivity index (χ0v) is 9.07. The molecule has 0 rings (SSSR count). The van der Waals surface area contributed by atoms with E-state index in [1.807, 2.05) is 26.0 Å². The fourth-order valence-corrected chi connectivity index (χ4v) is 0.654. The first-order valence-electron chi connectivity index (χ1n) is 4.24. The predicted molar refractivity (Wildman–Crippen MR) is 57.4 cm³/mol. The van der Waals surface area contributed by atoms with Gasteiger partial charge in [-0.25, -0.2) is 0 Å². The van der Waals surface area contributed by atoms with Gasteiger partial charge in [-0.05, 0) is 33.3 Å². The lowest BCUT2D eigenvalue weighted by Crippen LogP contribution is -1.70. The fraction of sp³-hybridized carbons (Fsp3) is 0.455. The van der Waals surface area contributed by atoms with Crippen molar-refractivity contribution >= 4 is 11.6 Å². The van der Waals surface area contributed by atoms with Crippen molar-refractivity contribution in [2.75, 3.05) is 0 Å². The van der Waals surface area contributed by atoms with Crippen LogP contribution in [0.2, 0.25) is 0 Å². The summed E-state index contributed by atoms with van der Waals surface area (Å²) in [4.78, 5) is 0. The molecule has 0 saturated heterocycles. The molecule has 0 amide bonds. The molecule has 68 valence electrons. The second-order valence-corrected chi connectivity index (χ2v) is 3.48. The van der Waals surface area contributed by atoms with Crippen LogP contribution in [-0.2, 0) is 0 Å². The molecule has 0 fully saturated rings. The zero-order valence-electron chi connectivity index (χ0n) is 8.32. The van der Waals surface area contributed by atoms with Crippen LogP contribution in [0, 0.1) is 0 Å². The van der Waals surface area contributed by atoms with Crippen LogP contribution in [0.3, 0.4) is 0 Å². The van der Waals surface area contributed by atoms with Crippen LogP contribution in [0.15, 0.2) is 34.4 Å². The van der Waals surface area contributed by atoms with Gasteiger partial charge in [-0.3, -0.25) is 0 Å². The van der Waals surface area contributed by atoms with Crippen molar-refractivity contribution in [3.05, 3.63) is 34.4 Å². The van der Waals surface area contributed by atoms with Crippen molar-refractivity contribution in [2.45, 2.75) is 34.1 Å². The van der Waals surface area contributed by atoms with Crippen LogP contribution in [0.25, 0.3) is 0 Å². The summed E-state index contributed by atoms with van der Waals surface area (Å²) in [5, 5.41) is 0.829. The topological polar surface area (TPSA) is 0 Å². The average Bonchev–Trinajstić information content (AvgIpc) is 2.03. The second-order valence-electron chi connectivity index (χ2n) is 3.07. The maximum Gasteiger partial charge on any atom is 0.0392 e. The third-order valence-electron chi connectivity index (χ3n) is 1.66. The summed E-state index contributed by atoms with van der Waals surface area (Å²) in [6.07, 6.45) is 7.10. The van der Waals surface area contributed by atoms with E-state index in [1.54, 1.807) is 0 Å². The van der Waals surface area contributed by atoms with E-state index < -0.39 is 0 Å². The summed E-state index contributed by atoms with van der Waals surface area (Å²) in [6.45, 7) is 8.26. The molecular formula is C11H17Cl. The van der Waals surface area contributed by atoms with E-state index in [0.717, 1.165) is 17.0 Å². The van der Waals surface area contributed by atoms with Crippen molar-refractivity contribution in [3.8, 4) is 0 Å². The van der Waals surface area contributed by atoms with Crippen LogP contribution >= 0.6 is 11.6 Å². The maximum absolute atomic E-state index is 5.91. The number of halogens is 1. The molecule has 0 aliphatic rings. The third kappa shape index (κ3) is 5.20. The van der Waals surface area contributed by atoms with E-state index in [1.165, 1.54) is 5.57 Å². The molecule has 0 spiro atoms. The lowest BCUT2D eigenvalue weighted by Gasteiger charge is -1.92. The highest BCUT2D eigenvalue weighted by atomic mass is 35.5.